The minimum Gasteiger partial charge on any atom is -0.497 e. The number of fused-ring (bicyclic) bond motifs is 1. The van der Waals surface area contributed by atoms with Crippen molar-refractivity contribution < 1.29 is 23.0 Å². The topological polar surface area (TPSA) is 80.5 Å². The molecule has 2 aromatic heterocycles. The highest BCUT2D eigenvalue weighted by molar-refractivity contribution is 7.12. The van der Waals surface area contributed by atoms with Crippen LogP contribution in [0.3, 0.4) is 0 Å². The summed E-state index contributed by atoms with van der Waals surface area (Å²) >= 11 is 0.586. The number of anilines is 1. The maximum atomic E-state index is 12.8. The number of rotatable bonds is 4. The zero-order valence-corrected chi connectivity index (χ0v) is 17.5. The summed E-state index contributed by atoms with van der Waals surface area (Å²) in [7, 11) is 1.55. The molecule has 1 unspecified atom stereocenters. The molecule has 0 amide bonds. The Morgan fingerprint density at radius 2 is 2.03 bits per heavy atom. The van der Waals surface area contributed by atoms with E-state index < -0.39 is 22.8 Å². The predicted molar refractivity (Wildman–Crippen MR) is 108 cm³/mol. The number of thiophene rings is 1. The first-order chi connectivity index (χ1) is 14.7. The van der Waals surface area contributed by atoms with Gasteiger partial charge in [0.2, 0.25) is 5.95 Å². The quantitative estimate of drug-likeness (QED) is 0.655. The molecule has 0 fully saturated rings. The molecule has 1 N–H and O–H groups in total. The van der Waals surface area contributed by atoms with Crippen LogP contribution in [0.15, 0.2) is 35.1 Å². The highest BCUT2D eigenvalue weighted by Gasteiger charge is 2.32. The Hall–Kier alpha value is -2.92. The molecule has 11 heteroatoms. The third-order valence-corrected chi connectivity index (χ3v) is 6.20. The van der Waals surface area contributed by atoms with E-state index in [0.29, 0.717) is 34.3 Å². The molecule has 1 aliphatic rings. The maximum absolute atomic E-state index is 12.8. The molecule has 3 heterocycles. The van der Waals surface area contributed by atoms with Crippen LogP contribution >= 0.6 is 11.3 Å². The van der Waals surface area contributed by atoms with Crippen LogP contribution in [0.25, 0.3) is 0 Å². The van der Waals surface area contributed by atoms with Gasteiger partial charge in [0.15, 0.2) is 0 Å². The van der Waals surface area contributed by atoms with Crippen molar-refractivity contribution in [3.63, 3.8) is 0 Å². The predicted octanol–water partition coefficient (Wildman–Crippen LogP) is 3.14. The fourth-order valence-corrected chi connectivity index (χ4v) is 4.36. The summed E-state index contributed by atoms with van der Waals surface area (Å²) in [4.78, 5) is 22.4. The number of β-amino-alcohol motifs (C(OH)–C–C–N with tert-alkyl or cyclic N) is 1. The van der Waals surface area contributed by atoms with E-state index in [1.165, 1.54) is 10.6 Å². The van der Waals surface area contributed by atoms with Gasteiger partial charge in [-0.25, -0.2) is 4.79 Å². The van der Waals surface area contributed by atoms with Crippen molar-refractivity contribution in [1.29, 1.82) is 0 Å². The molecule has 0 saturated carbocycles. The lowest BCUT2D eigenvalue weighted by atomic mass is 9.97. The maximum Gasteiger partial charge on any atom is 0.425 e. The molecule has 0 bridgehead atoms. The Morgan fingerprint density at radius 3 is 2.68 bits per heavy atom. The number of benzene rings is 1. The van der Waals surface area contributed by atoms with E-state index >= 15 is 0 Å². The lowest BCUT2D eigenvalue weighted by Crippen LogP contribution is -2.37. The normalized spacial score (nSPS) is 16.3. The van der Waals surface area contributed by atoms with Crippen LogP contribution < -0.4 is 15.3 Å². The van der Waals surface area contributed by atoms with Crippen LogP contribution in [0.1, 0.15) is 32.8 Å². The second kappa shape index (κ2) is 7.97. The zero-order chi connectivity index (χ0) is 22.3. The van der Waals surface area contributed by atoms with Gasteiger partial charge in [-0.15, -0.1) is 11.3 Å². The van der Waals surface area contributed by atoms with E-state index in [1.807, 2.05) is 6.07 Å². The van der Waals surface area contributed by atoms with Crippen LogP contribution in [0.5, 0.6) is 5.75 Å². The first-order valence-electron chi connectivity index (χ1n) is 9.37. The zero-order valence-electron chi connectivity index (χ0n) is 16.7. The van der Waals surface area contributed by atoms with Crippen LogP contribution in [0, 0.1) is 6.92 Å². The second-order valence-electron chi connectivity index (χ2n) is 7.16. The van der Waals surface area contributed by atoms with Crippen molar-refractivity contribution in [3.05, 3.63) is 67.5 Å². The van der Waals surface area contributed by atoms with Gasteiger partial charge in [-0.3, -0.25) is 4.57 Å². The van der Waals surface area contributed by atoms with E-state index in [1.54, 1.807) is 31.1 Å². The van der Waals surface area contributed by atoms with Gasteiger partial charge in [-0.05, 0) is 42.3 Å². The minimum atomic E-state index is -4.42. The Bertz CT molecular complexity index is 1180. The van der Waals surface area contributed by atoms with E-state index in [2.05, 4.69) is 9.97 Å². The lowest BCUT2D eigenvalue weighted by Gasteiger charge is -2.32. The van der Waals surface area contributed by atoms with E-state index in [9.17, 15) is 23.1 Å². The minimum absolute atomic E-state index is 0.0447. The molecular formula is C20H19F3N4O3S. The largest absolute Gasteiger partial charge is 0.497 e. The molecule has 1 aliphatic heterocycles. The van der Waals surface area contributed by atoms with Crippen LogP contribution in [-0.2, 0) is 19.3 Å². The van der Waals surface area contributed by atoms with Crippen molar-refractivity contribution in [2.75, 3.05) is 18.6 Å². The van der Waals surface area contributed by atoms with Crippen molar-refractivity contribution in [2.45, 2.75) is 32.3 Å². The Labute approximate surface area is 179 Å². The molecule has 7 nitrogen and oxygen atoms in total. The van der Waals surface area contributed by atoms with E-state index in [-0.39, 0.29) is 19.0 Å². The second-order valence-corrected chi connectivity index (χ2v) is 8.33. The first-order valence-corrected chi connectivity index (χ1v) is 10.2. The van der Waals surface area contributed by atoms with Crippen molar-refractivity contribution in [3.8, 4) is 5.75 Å². The number of halogens is 3. The number of hydrogen-bond acceptors (Lipinski definition) is 7. The van der Waals surface area contributed by atoms with E-state index in [4.69, 9.17) is 4.74 Å². The summed E-state index contributed by atoms with van der Waals surface area (Å²) < 4.78 is 44.9. The van der Waals surface area contributed by atoms with Gasteiger partial charge in [0, 0.05) is 11.4 Å². The fraction of sp³-hybridized carbons (Fsp3) is 0.350. The molecule has 0 radical (unpaired) electrons. The average Bonchev–Trinajstić information content (AvgIpc) is 3.19. The molecule has 164 valence electrons. The lowest BCUT2D eigenvalue weighted by molar-refractivity contribution is -0.134. The van der Waals surface area contributed by atoms with Gasteiger partial charge in [0.1, 0.15) is 16.5 Å². The molecule has 4 rings (SSSR count). The fourth-order valence-electron chi connectivity index (χ4n) is 3.49. The van der Waals surface area contributed by atoms with Crippen LogP contribution in [0.2, 0.25) is 0 Å². The number of aromatic nitrogens is 3. The molecular weight excluding hydrogens is 433 g/mol. The molecule has 3 aromatic rings. The molecule has 31 heavy (non-hydrogen) atoms. The van der Waals surface area contributed by atoms with Crippen LogP contribution in [0.4, 0.5) is 19.1 Å². The van der Waals surface area contributed by atoms with E-state index in [0.717, 1.165) is 17.2 Å². The number of aryl methyl sites for hydroxylation is 1. The third-order valence-electron chi connectivity index (χ3n) is 5.08. The third kappa shape index (κ3) is 4.28. The summed E-state index contributed by atoms with van der Waals surface area (Å²) in [6.07, 6.45) is -5.23. The number of alkyl halides is 3. The van der Waals surface area contributed by atoms with Crippen LogP contribution in [-0.4, -0.2) is 33.3 Å². The highest BCUT2D eigenvalue weighted by Crippen LogP contribution is 2.35. The number of methoxy groups -OCH3 is 1. The Kier molecular flexibility index (Phi) is 5.48. The molecule has 0 aliphatic carbocycles. The van der Waals surface area contributed by atoms with Gasteiger partial charge in [-0.1, -0.05) is 6.07 Å². The monoisotopic (exact) mass is 452 g/mol. The Morgan fingerprint density at radius 1 is 1.26 bits per heavy atom. The number of aliphatic hydroxyl groups excluding tert-OH is 1. The van der Waals surface area contributed by atoms with Gasteiger partial charge < -0.3 is 14.7 Å². The van der Waals surface area contributed by atoms with Gasteiger partial charge in [0.05, 0.1) is 26.3 Å². The number of ether oxygens (including phenoxy) is 1. The van der Waals surface area contributed by atoms with Crippen molar-refractivity contribution in [2.24, 2.45) is 0 Å². The summed E-state index contributed by atoms with van der Waals surface area (Å²) in [6, 6.07) is 7.75. The average molecular weight is 452 g/mol. The molecule has 1 atom stereocenters. The number of hydrogen-bond donors (Lipinski definition) is 1. The molecule has 0 saturated heterocycles. The van der Waals surface area contributed by atoms with Crippen molar-refractivity contribution in [1.82, 2.24) is 14.5 Å². The number of nitrogens with zero attached hydrogens (tertiary/aromatic N) is 4. The highest BCUT2D eigenvalue weighted by atomic mass is 32.1. The van der Waals surface area contributed by atoms with Gasteiger partial charge >= 0.3 is 11.9 Å². The SMILES string of the molecule is COc1ccc2c(c1)C(O)CN(c1nc(C)n(Cc3ccc(C(F)(F)F)s3)c(=O)n1)C2. The molecule has 0 spiro atoms. The summed E-state index contributed by atoms with van der Waals surface area (Å²) in [6.45, 7) is 2.16. The van der Waals surface area contributed by atoms with Gasteiger partial charge in [0.25, 0.3) is 0 Å². The standard InChI is InChI=1S/C20H19F3N4O3S/c1-11-24-18(26-8-12-3-4-13(30-2)7-15(12)16(28)10-26)25-19(29)27(11)9-14-5-6-17(31-14)20(21,22)23/h3-7,16,28H,8-10H2,1-2H3. The number of aliphatic hydroxyl groups is 1. The van der Waals surface area contributed by atoms with Gasteiger partial charge in [-0.2, -0.15) is 23.1 Å². The smallest absolute Gasteiger partial charge is 0.425 e. The van der Waals surface area contributed by atoms with Crippen molar-refractivity contribution >= 4 is 17.3 Å². The summed E-state index contributed by atoms with van der Waals surface area (Å²) in [5.41, 5.74) is 1.00. The molecule has 1 aromatic carbocycles. The summed E-state index contributed by atoms with van der Waals surface area (Å²) in [5, 5.41) is 10.5. The first kappa shape index (κ1) is 21.3. The Balaban J connectivity index is 1.59. The summed E-state index contributed by atoms with van der Waals surface area (Å²) in [5.74, 6) is 1.14.